The molecule has 1 fully saturated rings. The van der Waals surface area contributed by atoms with Crippen LogP contribution in [0.15, 0.2) is 0 Å². The van der Waals surface area contributed by atoms with Gasteiger partial charge in [0.1, 0.15) is 0 Å². The molecule has 4 heteroatoms. The minimum absolute atomic E-state index is 0.206. The van der Waals surface area contributed by atoms with Crippen molar-refractivity contribution < 1.29 is 14.3 Å². The average Bonchev–Trinajstić information content (AvgIpc) is 2.48. The monoisotopic (exact) mass is 311 g/mol. The van der Waals surface area contributed by atoms with Gasteiger partial charge in [-0.1, -0.05) is 33.1 Å². The molecule has 1 saturated carbocycles. The van der Waals surface area contributed by atoms with Crippen molar-refractivity contribution in [2.24, 2.45) is 11.8 Å². The molecule has 1 aliphatic carbocycles. The maximum absolute atomic E-state index is 12.6. The van der Waals surface area contributed by atoms with Gasteiger partial charge in [-0.15, -0.1) is 0 Å². The van der Waals surface area contributed by atoms with E-state index >= 15 is 0 Å². The van der Waals surface area contributed by atoms with Crippen LogP contribution in [0.5, 0.6) is 0 Å². The summed E-state index contributed by atoms with van der Waals surface area (Å²) in [6, 6.07) is 0. The van der Waals surface area contributed by atoms with Gasteiger partial charge in [-0.2, -0.15) is 0 Å². The summed E-state index contributed by atoms with van der Waals surface area (Å²) in [6.45, 7) is 7.79. The number of amides is 1. The highest BCUT2D eigenvalue weighted by molar-refractivity contribution is 5.77. The van der Waals surface area contributed by atoms with Crippen LogP contribution in [0.1, 0.15) is 72.1 Å². The van der Waals surface area contributed by atoms with Crippen molar-refractivity contribution in [3.05, 3.63) is 0 Å². The highest BCUT2D eigenvalue weighted by Crippen LogP contribution is 2.27. The Morgan fingerprint density at radius 3 is 2.41 bits per heavy atom. The number of carbonyl (C=O) groups excluding carboxylic acids is 2. The second kappa shape index (κ2) is 10.6. The predicted molar refractivity (Wildman–Crippen MR) is 88.5 cm³/mol. The number of esters is 1. The molecule has 0 aromatic carbocycles. The summed E-state index contributed by atoms with van der Waals surface area (Å²) in [5.41, 5.74) is 0. The zero-order valence-electron chi connectivity index (χ0n) is 14.6. The van der Waals surface area contributed by atoms with Gasteiger partial charge in [0.2, 0.25) is 5.91 Å². The van der Waals surface area contributed by atoms with Gasteiger partial charge in [0.05, 0.1) is 13.0 Å². The molecule has 1 amide bonds. The van der Waals surface area contributed by atoms with Gasteiger partial charge >= 0.3 is 5.97 Å². The second-order valence-corrected chi connectivity index (χ2v) is 6.83. The fraction of sp³-hybridized carbons (Fsp3) is 0.889. The van der Waals surface area contributed by atoms with E-state index in [1.54, 1.807) is 0 Å². The molecule has 0 heterocycles. The molecule has 1 aliphatic rings. The SMILES string of the molecule is CCOC(=O)CCN(CCC(C)C)C(=O)CC1CCCCC1. The molecule has 0 N–H and O–H groups in total. The summed E-state index contributed by atoms with van der Waals surface area (Å²) >= 11 is 0. The summed E-state index contributed by atoms with van der Waals surface area (Å²) in [4.78, 5) is 26.0. The van der Waals surface area contributed by atoms with Crippen LogP contribution in [0.4, 0.5) is 0 Å². The summed E-state index contributed by atoms with van der Waals surface area (Å²) in [5.74, 6) is 1.12. The van der Waals surface area contributed by atoms with E-state index in [0.29, 0.717) is 37.8 Å². The molecule has 0 aliphatic heterocycles. The minimum atomic E-state index is -0.206. The van der Waals surface area contributed by atoms with Crippen molar-refractivity contribution in [1.29, 1.82) is 0 Å². The second-order valence-electron chi connectivity index (χ2n) is 6.83. The molecule has 0 bridgehead atoms. The van der Waals surface area contributed by atoms with Crippen molar-refractivity contribution in [3.8, 4) is 0 Å². The van der Waals surface area contributed by atoms with Gasteiger partial charge < -0.3 is 9.64 Å². The third-order valence-corrected chi connectivity index (χ3v) is 4.41. The zero-order valence-corrected chi connectivity index (χ0v) is 14.6. The third kappa shape index (κ3) is 7.81. The van der Waals surface area contributed by atoms with Gasteiger partial charge in [-0.05, 0) is 38.0 Å². The smallest absolute Gasteiger partial charge is 0.307 e. The van der Waals surface area contributed by atoms with Crippen LogP contribution >= 0.6 is 0 Å². The van der Waals surface area contributed by atoms with Crippen LogP contribution in [-0.2, 0) is 14.3 Å². The van der Waals surface area contributed by atoms with Crippen LogP contribution in [-0.4, -0.2) is 36.5 Å². The Morgan fingerprint density at radius 2 is 1.82 bits per heavy atom. The van der Waals surface area contributed by atoms with Crippen LogP contribution in [0.25, 0.3) is 0 Å². The first kappa shape index (κ1) is 19.0. The predicted octanol–water partition coefficient (Wildman–Crippen LogP) is 3.78. The molecular weight excluding hydrogens is 278 g/mol. The van der Waals surface area contributed by atoms with Crippen LogP contribution in [0.3, 0.4) is 0 Å². The molecule has 0 aromatic heterocycles. The van der Waals surface area contributed by atoms with Crippen molar-refractivity contribution in [2.45, 2.75) is 72.1 Å². The summed E-state index contributed by atoms with van der Waals surface area (Å²) in [5, 5.41) is 0. The molecule has 1 rings (SSSR count). The fourth-order valence-corrected chi connectivity index (χ4v) is 3.00. The first-order valence-electron chi connectivity index (χ1n) is 8.96. The van der Waals surface area contributed by atoms with Gasteiger partial charge in [0, 0.05) is 19.5 Å². The van der Waals surface area contributed by atoms with Gasteiger partial charge in [0.15, 0.2) is 0 Å². The molecule has 0 radical (unpaired) electrons. The number of carbonyl (C=O) groups is 2. The fourth-order valence-electron chi connectivity index (χ4n) is 3.00. The topological polar surface area (TPSA) is 46.6 Å². The van der Waals surface area contributed by atoms with Gasteiger partial charge in [-0.3, -0.25) is 9.59 Å². The van der Waals surface area contributed by atoms with E-state index in [-0.39, 0.29) is 11.9 Å². The van der Waals surface area contributed by atoms with Gasteiger partial charge in [-0.25, -0.2) is 0 Å². The van der Waals surface area contributed by atoms with E-state index in [1.807, 2.05) is 11.8 Å². The lowest BCUT2D eigenvalue weighted by Gasteiger charge is -2.27. The number of ether oxygens (including phenoxy) is 1. The third-order valence-electron chi connectivity index (χ3n) is 4.41. The Labute approximate surface area is 135 Å². The summed E-state index contributed by atoms with van der Waals surface area (Å²) < 4.78 is 4.97. The molecule has 0 atom stereocenters. The Morgan fingerprint density at radius 1 is 1.14 bits per heavy atom. The Bertz CT molecular complexity index is 335. The first-order valence-corrected chi connectivity index (χ1v) is 8.96. The maximum Gasteiger partial charge on any atom is 0.307 e. The van der Waals surface area contributed by atoms with Crippen molar-refractivity contribution in [1.82, 2.24) is 4.90 Å². The summed E-state index contributed by atoms with van der Waals surface area (Å²) in [6.07, 6.45) is 8.13. The van der Waals surface area contributed by atoms with Crippen molar-refractivity contribution in [3.63, 3.8) is 0 Å². The zero-order chi connectivity index (χ0) is 16.4. The minimum Gasteiger partial charge on any atom is -0.466 e. The maximum atomic E-state index is 12.6. The highest BCUT2D eigenvalue weighted by Gasteiger charge is 2.21. The molecule has 0 saturated heterocycles. The van der Waals surface area contributed by atoms with Crippen molar-refractivity contribution in [2.75, 3.05) is 19.7 Å². The Balaban J connectivity index is 2.46. The normalized spacial score (nSPS) is 15.8. The molecule has 0 unspecified atom stereocenters. The number of hydrogen-bond donors (Lipinski definition) is 0. The van der Waals surface area contributed by atoms with E-state index in [2.05, 4.69) is 13.8 Å². The standard InChI is InChI=1S/C18H33NO3/c1-4-22-18(21)11-13-19(12-10-15(2)3)17(20)14-16-8-6-5-7-9-16/h15-16H,4-14H2,1-3H3. The lowest BCUT2D eigenvalue weighted by molar-refractivity contribution is -0.144. The Hall–Kier alpha value is -1.06. The van der Waals surface area contributed by atoms with Gasteiger partial charge in [0.25, 0.3) is 0 Å². The molecule has 4 nitrogen and oxygen atoms in total. The molecule has 0 aromatic rings. The van der Waals surface area contributed by atoms with Crippen molar-refractivity contribution >= 4 is 11.9 Å². The van der Waals surface area contributed by atoms with E-state index < -0.39 is 0 Å². The molecule has 22 heavy (non-hydrogen) atoms. The Kier molecular flexibility index (Phi) is 9.17. The van der Waals surface area contributed by atoms with E-state index in [1.165, 1.54) is 32.1 Å². The number of rotatable bonds is 9. The molecular formula is C18H33NO3. The van der Waals surface area contributed by atoms with Crippen LogP contribution in [0.2, 0.25) is 0 Å². The lowest BCUT2D eigenvalue weighted by Crippen LogP contribution is -2.36. The van der Waals surface area contributed by atoms with E-state index in [0.717, 1.165) is 13.0 Å². The first-order chi connectivity index (χ1) is 10.5. The number of nitrogens with zero attached hydrogens (tertiary/aromatic N) is 1. The summed E-state index contributed by atoms with van der Waals surface area (Å²) in [7, 11) is 0. The van der Waals surface area contributed by atoms with E-state index in [4.69, 9.17) is 4.74 Å². The number of hydrogen-bond acceptors (Lipinski definition) is 3. The molecule has 128 valence electrons. The highest BCUT2D eigenvalue weighted by atomic mass is 16.5. The average molecular weight is 311 g/mol. The lowest BCUT2D eigenvalue weighted by atomic mass is 9.86. The van der Waals surface area contributed by atoms with Crippen LogP contribution in [0, 0.1) is 11.8 Å². The largest absolute Gasteiger partial charge is 0.466 e. The molecule has 0 spiro atoms. The van der Waals surface area contributed by atoms with E-state index in [9.17, 15) is 9.59 Å². The van der Waals surface area contributed by atoms with Crippen LogP contribution < -0.4 is 0 Å². The quantitative estimate of drug-likeness (QED) is 0.609.